The lowest BCUT2D eigenvalue weighted by Gasteiger charge is -2.08. The second-order valence-corrected chi connectivity index (χ2v) is 6.36. The van der Waals surface area contributed by atoms with E-state index in [1.807, 2.05) is 31.2 Å². The highest BCUT2D eigenvalue weighted by atomic mass is 16.5. The maximum atomic E-state index is 12.5. The van der Waals surface area contributed by atoms with Crippen LogP contribution in [0.5, 0.6) is 11.5 Å². The molecule has 0 fully saturated rings. The number of nitrogens with zero attached hydrogens (tertiary/aromatic N) is 5. The summed E-state index contributed by atoms with van der Waals surface area (Å²) in [5.41, 5.74) is 2.82. The minimum absolute atomic E-state index is 0.154. The van der Waals surface area contributed by atoms with E-state index in [0.717, 1.165) is 11.3 Å². The van der Waals surface area contributed by atoms with Crippen LogP contribution in [0.4, 0.5) is 5.69 Å². The van der Waals surface area contributed by atoms with Gasteiger partial charge in [-0.2, -0.15) is 4.98 Å². The summed E-state index contributed by atoms with van der Waals surface area (Å²) in [6.07, 6.45) is 1.66. The maximum Gasteiger partial charge on any atom is 0.316 e. The van der Waals surface area contributed by atoms with Crippen LogP contribution in [0.1, 0.15) is 16.2 Å². The Morgan fingerprint density at radius 2 is 1.77 bits per heavy atom. The van der Waals surface area contributed by atoms with Crippen molar-refractivity contribution in [1.82, 2.24) is 25.1 Å². The third kappa shape index (κ3) is 3.97. The molecule has 4 rings (SSSR count). The molecule has 2 aromatic carbocycles. The average Bonchev–Trinajstić information content (AvgIpc) is 3.44. The molecule has 4 aromatic rings. The van der Waals surface area contributed by atoms with Crippen LogP contribution >= 0.6 is 0 Å². The van der Waals surface area contributed by atoms with Gasteiger partial charge in [0.1, 0.15) is 11.5 Å². The molecule has 2 heterocycles. The predicted molar refractivity (Wildman–Crippen MR) is 107 cm³/mol. The number of ether oxygens (including phenoxy) is 2. The third-order valence-corrected chi connectivity index (χ3v) is 4.25. The summed E-state index contributed by atoms with van der Waals surface area (Å²) in [6.45, 7) is 2.00. The highest BCUT2D eigenvalue weighted by Crippen LogP contribution is 2.26. The van der Waals surface area contributed by atoms with Gasteiger partial charge in [0.15, 0.2) is 5.69 Å². The molecule has 0 aliphatic heterocycles. The molecular weight excluding hydrogens is 388 g/mol. The molecule has 0 spiro atoms. The van der Waals surface area contributed by atoms with Gasteiger partial charge in [0.25, 0.3) is 0 Å². The van der Waals surface area contributed by atoms with Crippen LogP contribution in [0.3, 0.4) is 0 Å². The number of benzene rings is 2. The summed E-state index contributed by atoms with van der Waals surface area (Å²) >= 11 is 0. The van der Waals surface area contributed by atoms with E-state index in [1.54, 1.807) is 29.1 Å². The molecule has 30 heavy (non-hydrogen) atoms. The lowest BCUT2D eigenvalue weighted by Crippen LogP contribution is -2.12. The van der Waals surface area contributed by atoms with Gasteiger partial charge in [0, 0.05) is 23.9 Å². The number of aromatic nitrogens is 5. The minimum Gasteiger partial charge on any atom is -0.497 e. The number of rotatable bonds is 6. The number of nitrogens with one attached hydrogen (secondary N) is 1. The SMILES string of the molecule is COc1cc(NC(=O)c2nc(-c3cn(-c4ccc(C)cc4)nn3)no2)cc(OC)c1. The standard InChI is InChI=1S/C20H18N6O4/c1-12-4-6-14(7-5-12)26-11-17(23-25-26)18-22-20(30-24-18)19(27)21-13-8-15(28-2)10-16(9-13)29-3/h4-11H,1-3H3,(H,21,27). The van der Waals surface area contributed by atoms with Gasteiger partial charge in [-0.05, 0) is 19.1 Å². The Hall–Kier alpha value is -4.21. The van der Waals surface area contributed by atoms with E-state index in [4.69, 9.17) is 14.0 Å². The van der Waals surface area contributed by atoms with Crippen molar-refractivity contribution < 1.29 is 18.8 Å². The molecule has 0 atom stereocenters. The van der Waals surface area contributed by atoms with Crippen LogP contribution in [-0.4, -0.2) is 45.3 Å². The van der Waals surface area contributed by atoms with Crippen LogP contribution in [0.2, 0.25) is 0 Å². The molecule has 0 unspecified atom stereocenters. The number of hydrogen-bond donors (Lipinski definition) is 1. The number of methoxy groups -OCH3 is 2. The van der Waals surface area contributed by atoms with Gasteiger partial charge >= 0.3 is 11.8 Å². The van der Waals surface area contributed by atoms with Crippen molar-refractivity contribution in [2.45, 2.75) is 6.92 Å². The van der Waals surface area contributed by atoms with Crippen molar-refractivity contribution in [2.75, 3.05) is 19.5 Å². The predicted octanol–water partition coefficient (Wildman–Crippen LogP) is 2.90. The number of carbonyl (C=O) groups is 1. The molecule has 152 valence electrons. The summed E-state index contributed by atoms with van der Waals surface area (Å²) < 4.78 is 17.1. The summed E-state index contributed by atoms with van der Waals surface area (Å²) in [6, 6.07) is 12.8. The Balaban J connectivity index is 1.52. The molecule has 0 aliphatic rings. The van der Waals surface area contributed by atoms with Crippen molar-refractivity contribution in [2.24, 2.45) is 0 Å². The smallest absolute Gasteiger partial charge is 0.316 e. The molecule has 0 saturated heterocycles. The molecule has 0 saturated carbocycles. The van der Waals surface area contributed by atoms with Gasteiger partial charge in [0.05, 0.1) is 26.1 Å². The van der Waals surface area contributed by atoms with Crippen molar-refractivity contribution in [1.29, 1.82) is 0 Å². The molecular formula is C20H18N6O4. The highest BCUT2D eigenvalue weighted by molar-refractivity contribution is 6.01. The van der Waals surface area contributed by atoms with Gasteiger partial charge in [-0.1, -0.05) is 28.1 Å². The van der Waals surface area contributed by atoms with E-state index in [1.165, 1.54) is 14.2 Å². The molecule has 10 nitrogen and oxygen atoms in total. The first kappa shape index (κ1) is 19.1. The molecule has 2 aromatic heterocycles. The largest absolute Gasteiger partial charge is 0.497 e. The Bertz CT molecular complexity index is 1160. The Morgan fingerprint density at radius 3 is 2.43 bits per heavy atom. The highest BCUT2D eigenvalue weighted by Gasteiger charge is 2.19. The normalized spacial score (nSPS) is 10.6. The molecule has 0 aliphatic carbocycles. The molecule has 0 radical (unpaired) electrons. The van der Waals surface area contributed by atoms with Crippen LogP contribution < -0.4 is 14.8 Å². The number of aryl methyl sites for hydroxylation is 1. The van der Waals surface area contributed by atoms with Gasteiger partial charge in [-0.15, -0.1) is 5.10 Å². The van der Waals surface area contributed by atoms with Crippen molar-refractivity contribution in [3.8, 4) is 28.7 Å². The quantitative estimate of drug-likeness (QED) is 0.519. The Kier molecular flexibility index (Phi) is 5.12. The Morgan fingerprint density at radius 1 is 1.07 bits per heavy atom. The zero-order chi connectivity index (χ0) is 21.1. The second kappa shape index (κ2) is 8.03. The van der Waals surface area contributed by atoms with Crippen molar-refractivity contribution >= 4 is 11.6 Å². The van der Waals surface area contributed by atoms with E-state index >= 15 is 0 Å². The average molecular weight is 406 g/mol. The van der Waals surface area contributed by atoms with Gasteiger partial charge in [-0.25, -0.2) is 4.68 Å². The van der Waals surface area contributed by atoms with Crippen molar-refractivity contribution in [3.63, 3.8) is 0 Å². The van der Waals surface area contributed by atoms with Crippen LogP contribution in [0.15, 0.2) is 53.2 Å². The molecule has 1 N–H and O–H groups in total. The number of carbonyl (C=O) groups excluding carboxylic acids is 1. The van der Waals surface area contributed by atoms with E-state index in [9.17, 15) is 4.79 Å². The fourth-order valence-corrected chi connectivity index (χ4v) is 2.67. The fraction of sp³-hybridized carbons (Fsp3) is 0.150. The number of amides is 1. The van der Waals surface area contributed by atoms with E-state index in [2.05, 4.69) is 25.8 Å². The maximum absolute atomic E-state index is 12.5. The second-order valence-electron chi connectivity index (χ2n) is 6.36. The zero-order valence-electron chi connectivity index (χ0n) is 16.5. The number of hydrogen-bond acceptors (Lipinski definition) is 8. The van der Waals surface area contributed by atoms with Gasteiger partial charge in [0.2, 0.25) is 5.82 Å². The van der Waals surface area contributed by atoms with Crippen molar-refractivity contribution in [3.05, 3.63) is 60.1 Å². The summed E-state index contributed by atoms with van der Waals surface area (Å²) in [5.74, 6) is 0.431. The lowest BCUT2D eigenvalue weighted by molar-refractivity contribution is 0.0981. The van der Waals surface area contributed by atoms with E-state index in [0.29, 0.717) is 22.9 Å². The summed E-state index contributed by atoms with van der Waals surface area (Å²) in [4.78, 5) is 16.6. The monoisotopic (exact) mass is 406 g/mol. The fourth-order valence-electron chi connectivity index (χ4n) is 2.67. The first-order valence-corrected chi connectivity index (χ1v) is 8.93. The minimum atomic E-state index is -0.574. The lowest BCUT2D eigenvalue weighted by atomic mass is 10.2. The van der Waals surface area contributed by atoms with Gasteiger partial charge < -0.3 is 19.3 Å². The molecule has 1 amide bonds. The first-order valence-electron chi connectivity index (χ1n) is 8.93. The molecule has 10 heteroatoms. The topological polar surface area (TPSA) is 117 Å². The van der Waals surface area contributed by atoms with Crippen LogP contribution in [0.25, 0.3) is 17.2 Å². The summed E-state index contributed by atoms with van der Waals surface area (Å²) in [5, 5.41) is 14.6. The third-order valence-electron chi connectivity index (χ3n) is 4.25. The van der Waals surface area contributed by atoms with E-state index < -0.39 is 5.91 Å². The van der Waals surface area contributed by atoms with Gasteiger partial charge in [-0.3, -0.25) is 4.79 Å². The van der Waals surface area contributed by atoms with E-state index in [-0.39, 0.29) is 11.7 Å². The first-order chi connectivity index (χ1) is 14.6. The summed E-state index contributed by atoms with van der Waals surface area (Å²) in [7, 11) is 3.04. The van der Waals surface area contributed by atoms with Crippen LogP contribution in [0, 0.1) is 6.92 Å². The Labute approximate surface area is 171 Å². The zero-order valence-corrected chi connectivity index (χ0v) is 16.5. The number of anilines is 1. The van der Waals surface area contributed by atoms with Crippen LogP contribution in [-0.2, 0) is 0 Å². The molecule has 0 bridgehead atoms.